The molecule has 0 bridgehead atoms. The summed E-state index contributed by atoms with van der Waals surface area (Å²) in [6.45, 7) is 1.11. The van der Waals surface area contributed by atoms with Gasteiger partial charge in [-0.15, -0.1) is 0 Å². The Morgan fingerprint density at radius 1 is 1.09 bits per heavy atom. The molecule has 0 atom stereocenters. The van der Waals surface area contributed by atoms with Crippen LogP contribution < -0.4 is 10.1 Å². The molecule has 122 valence electrons. The molecule has 0 aliphatic carbocycles. The van der Waals surface area contributed by atoms with Crippen LogP contribution in [0, 0.1) is 0 Å². The van der Waals surface area contributed by atoms with E-state index in [0.29, 0.717) is 0 Å². The molecular formula is C18H19F2NO2. The van der Waals surface area contributed by atoms with Crippen LogP contribution in [-0.2, 0) is 12.8 Å². The molecule has 0 aliphatic rings. The normalized spacial score (nSPS) is 10.7. The minimum absolute atomic E-state index is 0.0351. The number of aryl methyl sites for hydroxylation is 2. The minimum Gasteiger partial charge on any atom is -0.435 e. The first-order valence-electron chi connectivity index (χ1n) is 7.52. The van der Waals surface area contributed by atoms with E-state index < -0.39 is 6.61 Å². The van der Waals surface area contributed by atoms with E-state index in [1.54, 1.807) is 6.07 Å². The van der Waals surface area contributed by atoms with Crippen molar-refractivity contribution in [2.45, 2.75) is 33.3 Å². The van der Waals surface area contributed by atoms with Crippen LogP contribution in [0.2, 0.25) is 0 Å². The van der Waals surface area contributed by atoms with Crippen molar-refractivity contribution >= 4 is 11.6 Å². The van der Waals surface area contributed by atoms with Gasteiger partial charge in [-0.2, -0.15) is 8.78 Å². The number of benzene rings is 2. The van der Waals surface area contributed by atoms with Gasteiger partial charge in [0.1, 0.15) is 5.75 Å². The Labute approximate surface area is 134 Å². The second kappa shape index (κ2) is 7.72. The molecular weight excluding hydrogens is 300 g/mol. The summed E-state index contributed by atoms with van der Waals surface area (Å²) in [4.78, 5) is 12.4. The summed E-state index contributed by atoms with van der Waals surface area (Å²) >= 11 is 0. The van der Waals surface area contributed by atoms with Crippen molar-refractivity contribution in [3.05, 3.63) is 59.2 Å². The number of carbonyl (C=O) groups is 1. The molecule has 0 aliphatic heterocycles. The highest BCUT2D eigenvalue weighted by Gasteiger charge is 2.13. The lowest BCUT2D eigenvalue weighted by Gasteiger charge is -2.14. The monoisotopic (exact) mass is 319 g/mol. The van der Waals surface area contributed by atoms with Crippen molar-refractivity contribution in [2.24, 2.45) is 0 Å². The van der Waals surface area contributed by atoms with Gasteiger partial charge < -0.3 is 10.1 Å². The van der Waals surface area contributed by atoms with Gasteiger partial charge in [-0.1, -0.05) is 38.1 Å². The van der Waals surface area contributed by atoms with Crippen LogP contribution >= 0.6 is 0 Å². The van der Waals surface area contributed by atoms with Crippen molar-refractivity contribution in [2.75, 3.05) is 5.32 Å². The van der Waals surface area contributed by atoms with Gasteiger partial charge in [-0.25, -0.2) is 0 Å². The van der Waals surface area contributed by atoms with Gasteiger partial charge >= 0.3 is 6.61 Å². The van der Waals surface area contributed by atoms with E-state index in [1.807, 2.05) is 32.0 Å². The van der Waals surface area contributed by atoms with E-state index in [-0.39, 0.29) is 17.2 Å². The zero-order valence-corrected chi connectivity index (χ0v) is 13.1. The molecule has 0 saturated carbocycles. The largest absolute Gasteiger partial charge is 0.435 e. The second-order valence-corrected chi connectivity index (χ2v) is 5.02. The fourth-order valence-corrected chi connectivity index (χ4v) is 2.40. The quantitative estimate of drug-likeness (QED) is 0.840. The molecule has 1 N–H and O–H groups in total. The summed E-state index contributed by atoms with van der Waals surface area (Å²) < 4.78 is 28.9. The summed E-state index contributed by atoms with van der Waals surface area (Å²) in [6, 6.07) is 11.7. The van der Waals surface area contributed by atoms with Gasteiger partial charge in [0.25, 0.3) is 5.91 Å². The lowest BCUT2D eigenvalue weighted by Crippen LogP contribution is -2.15. The molecule has 0 heterocycles. The maximum Gasteiger partial charge on any atom is 0.387 e. The summed E-state index contributed by atoms with van der Waals surface area (Å²) in [5.41, 5.74) is 3.15. The highest BCUT2D eigenvalue weighted by molar-refractivity contribution is 6.05. The number of para-hydroxylation sites is 1. The Kier molecular flexibility index (Phi) is 5.68. The Morgan fingerprint density at radius 3 is 2.26 bits per heavy atom. The number of hydrogen-bond acceptors (Lipinski definition) is 2. The molecule has 0 radical (unpaired) electrons. The number of alkyl halides is 2. The van der Waals surface area contributed by atoms with Gasteiger partial charge in [0.05, 0.1) is 0 Å². The Morgan fingerprint density at radius 2 is 1.70 bits per heavy atom. The molecule has 2 aromatic carbocycles. The molecule has 2 rings (SSSR count). The first-order valence-corrected chi connectivity index (χ1v) is 7.52. The minimum atomic E-state index is -2.92. The van der Waals surface area contributed by atoms with E-state index in [0.717, 1.165) is 29.7 Å². The SMILES string of the molecule is CCc1cccc(CC)c1NC(=O)c1cccc(OC(F)F)c1. The maximum absolute atomic E-state index is 12.4. The number of anilines is 1. The lowest BCUT2D eigenvalue weighted by atomic mass is 10.0. The van der Waals surface area contributed by atoms with Gasteiger partial charge in [-0.05, 0) is 42.2 Å². The Hall–Kier alpha value is -2.43. The van der Waals surface area contributed by atoms with E-state index in [4.69, 9.17) is 0 Å². The Bertz CT molecular complexity index is 664. The molecule has 0 spiro atoms. The van der Waals surface area contributed by atoms with Crippen LogP contribution in [0.25, 0.3) is 0 Å². The number of amides is 1. The standard InChI is InChI=1S/C18H19F2NO2/c1-3-12-7-5-8-13(4-2)16(12)21-17(22)14-9-6-10-15(11-14)23-18(19)20/h5-11,18H,3-4H2,1-2H3,(H,21,22). The fraction of sp³-hybridized carbons (Fsp3) is 0.278. The van der Waals surface area contributed by atoms with E-state index >= 15 is 0 Å². The first-order chi connectivity index (χ1) is 11.0. The van der Waals surface area contributed by atoms with E-state index in [2.05, 4.69) is 10.1 Å². The van der Waals surface area contributed by atoms with Crippen molar-refractivity contribution in [3.8, 4) is 5.75 Å². The zero-order valence-electron chi connectivity index (χ0n) is 13.1. The average Bonchev–Trinajstić information content (AvgIpc) is 2.54. The predicted octanol–water partition coefficient (Wildman–Crippen LogP) is 4.67. The molecule has 0 aromatic heterocycles. The second-order valence-electron chi connectivity index (χ2n) is 5.02. The zero-order chi connectivity index (χ0) is 16.8. The van der Waals surface area contributed by atoms with Crippen molar-refractivity contribution in [3.63, 3.8) is 0 Å². The number of hydrogen-bond donors (Lipinski definition) is 1. The summed E-state index contributed by atoms with van der Waals surface area (Å²) in [7, 11) is 0. The predicted molar refractivity (Wildman–Crippen MR) is 86.2 cm³/mol. The number of ether oxygens (including phenoxy) is 1. The third-order valence-electron chi connectivity index (χ3n) is 3.56. The summed E-state index contributed by atoms with van der Waals surface area (Å²) in [6.07, 6.45) is 1.58. The Balaban J connectivity index is 2.26. The van der Waals surface area contributed by atoms with Gasteiger partial charge in [0, 0.05) is 11.3 Å². The molecule has 1 amide bonds. The van der Waals surface area contributed by atoms with Gasteiger partial charge in [0.15, 0.2) is 0 Å². The lowest BCUT2D eigenvalue weighted by molar-refractivity contribution is -0.0498. The molecule has 3 nitrogen and oxygen atoms in total. The van der Waals surface area contributed by atoms with Crippen molar-refractivity contribution in [1.29, 1.82) is 0 Å². The smallest absolute Gasteiger partial charge is 0.387 e. The summed E-state index contributed by atoms with van der Waals surface area (Å²) in [5, 5.41) is 2.90. The highest BCUT2D eigenvalue weighted by Crippen LogP contribution is 2.24. The average molecular weight is 319 g/mol. The van der Waals surface area contributed by atoms with Crippen molar-refractivity contribution in [1.82, 2.24) is 0 Å². The van der Waals surface area contributed by atoms with Gasteiger partial charge in [-0.3, -0.25) is 4.79 Å². The first kappa shape index (κ1) is 16.9. The number of halogens is 2. The molecule has 0 saturated heterocycles. The number of carbonyl (C=O) groups excluding carboxylic acids is 1. The van der Waals surface area contributed by atoms with E-state index in [1.165, 1.54) is 18.2 Å². The maximum atomic E-state index is 12.4. The molecule has 0 unspecified atom stereocenters. The summed E-state index contributed by atoms with van der Waals surface area (Å²) in [5.74, 6) is -0.382. The molecule has 23 heavy (non-hydrogen) atoms. The van der Waals surface area contributed by atoms with Crippen LogP contribution in [-0.4, -0.2) is 12.5 Å². The molecule has 2 aromatic rings. The van der Waals surface area contributed by atoms with Crippen LogP contribution in [0.15, 0.2) is 42.5 Å². The number of rotatable bonds is 6. The van der Waals surface area contributed by atoms with Crippen molar-refractivity contribution < 1.29 is 18.3 Å². The topological polar surface area (TPSA) is 38.3 Å². The van der Waals surface area contributed by atoms with Gasteiger partial charge in [0.2, 0.25) is 0 Å². The van der Waals surface area contributed by atoms with Crippen LogP contribution in [0.1, 0.15) is 35.3 Å². The third-order valence-corrected chi connectivity index (χ3v) is 3.56. The fourth-order valence-electron chi connectivity index (χ4n) is 2.40. The molecule has 5 heteroatoms. The van der Waals surface area contributed by atoms with Crippen LogP contribution in [0.3, 0.4) is 0 Å². The van der Waals surface area contributed by atoms with Crippen LogP contribution in [0.5, 0.6) is 5.75 Å². The molecule has 0 fully saturated rings. The van der Waals surface area contributed by atoms with E-state index in [9.17, 15) is 13.6 Å². The van der Waals surface area contributed by atoms with Crippen LogP contribution in [0.4, 0.5) is 14.5 Å². The number of nitrogens with one attached hydrogen (secondary N) is 1. The third kappa shape index (κ3) is 4.28. The highest BCUT2D eigenvalue weighted by atomic mass is 19.3.